The molecule has 0 unspecified atom stereocenters. The van der Waals surface area contributed by atoms with Gasteiger partial charge in [0.15, 0.2) is 0 Å². The summed E-state index contributed by atoms with van der Waals surface area (Å²) in [7, 11) is 1.00. The molecule has 190 valence electrons. The number of aryl methyl sites for hydroxylation is 1. The summed E-state index contributed by atoms with van der Waals surface area (Å²) in [5, 5.41) is 18.5. The summed E-state index contributed by atoms with van der Waals surface area (Å²) in [6, 6.07) is 12.4. The Morgan fingerprint density at radius 3 is 2.44 bits per heavy atom. The van der Waals surface area contributed by atoms with Gasteiger partial charge in [-0.1, -0.05) is 18.2 Å². The van der Waals surface area contributed by atoms with Crippen molar-refractivity contribution < 1.29 is 24.1 Å². The van der Waals surface area contributed by atoms with Crippen LogP contribution in [-0.4, -0.2) is 67.0 Å². The Balaban J connectivity index is 0.000000326. The second-order valence-electron chi connectivity index (χ2n) is 8.61. The minimum absolute atomic E-state index is 0.197. The van der Waals surface area contributed by atoms with E-state index in [0.717, 1.165) is 38.8 Å². The van der Waals surface area contributed by atoms with Crippen LogP contribution in [0.3, 0.4) is 0 Å². The number of rotatable bonds is 9. The second-order valence-corrected chi connectivity index (χ2v) is 8.61. The van der Waals surface area contributed by atoms with Crippen molar-refractivity contribution in [3.05, 3.63) is 65.0 Å². The molecule has 0 atom stereocenters. The highest BCUT2D eigenvalue weighted by atomic mass is 19.1. The van der Waals surface area contributed by atoms with Gasteiger partial charge in [0.05, 0.1) is 6.61 Å². The highest BCUT2D eigenvalue weighted by Crippen LogP contribution is 2.20. The van der Waals surface area contributed by atoms with Crippen molar-refractivity contribution >= 4 is 5.91 Å². The van der Waals surface area contributed by atoms with Crippen molar-refractivity contribution in [1.82, 2.24) is 10.2 Å². The van der Waals surface area contributed by atoms with Crippen LogP contribution in [0.25, 0.3) is 0 Å². The van der Waals surface area contributed by atoms with Gasteiger partial charge in [-0.2, -0.15) is 0 Å². The van der Waals surface area contributed by atoms with E-state index in [0.29, 0.717) is 30.7 Å². The molecule has 0 bridgehead atoms. The third-order valence-corrected chi connectivity index (χ3v) is 5.72. The van der Waals surface area contributed by atoms with Gasteiger partial charge < -0.3 is 25.2 Å². The van der Waals surface area contributed by atoms with Crippen LogP contribution in [0.1, 0.15) is 48.2 Å². The van der Waals surface area contributed by atoms with Crippen molar-refractivity contribution in [2.75, 3.05) is 40.0 Å². The molecule has 3 rings (SSSR count). The number of likely N-dealkylation sites (tertiary alicyclic amines) is 1. The van der Waals surface area contributed by atoms with E-state index < -0.39 is 0 Å². The fourth-order valence-electron chi connectivity index (χ4n) is 3.41. The minimum atomic E-state index is -0.378. The van der Waals surface area contributed by atoms with Gasteiger partial charge in [-0.05, 0) is 75.9 Å². The molecule has 7 heteroatoms. The lowest BCUT2D eigenvalue weighted by Gasteiger charge is -2.42. The molecule has 2 aromatic rings. The molecule has 2 aromatic carbocycles. The first kappa shape index (κ1) is 29.6. The lowest BCUT2D eigenvalue weighted by molar-refractivity contribution is 0.0640. The standard InChI is InChI=1S/C14H19FN2O.C12H18O2.CH4O/c1-10(2)17-8-11(9-17)7-16-14(18)12-4-3-5-13(15)6-12;1-10-6-5-7-12(11(10)2)14-9-4-3-8-13;1-2/h3-6,10-11H,7-9H2,1-2H3,(H,16,18);5-7,13H,3-4,8-9H2,1-2H3;2H,1H3. The molecule has 34 heavy (non-hydrogen) atoms. The van der Waals surface area contributed by atoms with Crippen molar-refractivity contribution in [3.63, 3.8) is 0 Å². The van der Waals surface area contributed by atoms with E-state index in [1.807, 2.05) is 12.1 Å². The Morgan fingerprint density at radius 1 is 1.15 bits per heavy atom. The van der Waals surface area contributed by atoms with Crippen LogP contribution in [0, 0.1) is 25.6 Å². The van der Waals surface area contributed by atoms with Gasteiger partial charge in [-0.25, -0.2) is 4.39 Å². The number of hydrogen-bond donors (Lipinski definition) is 3. The number of carbonyl (C=O) groups excluding carboxylic acids is 1. The first-order valence-corrected chi connectivity index (χ1v) is 11.8. The van der Waals surface area contributed by atoms with Crippen LogP contribution in [0.15, 0.2) is 42.5 Å². The Bertz CT molecular complexity index is 854. The molecule has 0 radical (unpaired) electrons. The van der Waals surface area contributed by atoms with E-state index >= 15 is 0 Å². The number of aliphatic hydroxyl groups excluding tert-OH is 2. The third-order valence-electron chi connectivity index (χ3n) is 5.72. The first-order chi connectivity index (χ1) is 16.3. The molecule has 3 N–H and O–H groups in total. The Morgan fingerprint density at radius 2 is 1.82 bits per heavy atom. The summed E-state index contributed by atoms with van der Waals surface area (Å²) in [5.74, 6) is 0.905. The van der Waals surface area contributed by atoms with Crippen molar-refractivity contribution in [1.29, 1.82) is 0 Å². The van der Waals surface area contributed by atoms with Crippen molar-refractivity contribution in [2.24, 2.45) is 5.92 Å². The molecule has 0 aliphatic carbocycles. The van der Waals surface area contributed by atoms with Crippen molar-refractivity contribution in [3.8, 4) is 5.75 Å². The highest BCUT2D eigenvalue weighted by Gasteiger charge is 2.28. The molecule has 1 saturated heterocycles. The number of nitrogens with one attached hydrogen (secondary N) is 1. The van der Waals surface area contributed by atoms with Crippen LogP contribution >= 0.6 is 0 Å². The molecule has 6 nitrogen and oxygen atoms in total. The first-order valence-electron chi connectivity index (χ1n) is 11.8. The number of ether oxygens (including phenoxy) is 1. The largest absolute Gasteiger partial charge is 0.493 e. The van der Waals surface area contributed by atoms with Crippen LogP contribution < -0.4 is 10.1 Å². The summed E-state index contributed by atoms with van der Waals surface area (Å²) in [6.45, 7) is 12.1. The number of amides is 1. The van der Waals surface area contributed by atoms with Crippen LogP contribution in [-0.2, 0) is 0 Å². The molecule has 1 heterocycles. The molecule has 0 saturated carbocycles. The number of benzene rings is 2. The minimum Gasteiger partial charge on any atom is -0.493 e. The topological polar surface area (TPSA) is 82.0 Å². The monoisotopic (exact) mass is 476 g/mol. The number of aliphatic hydroxyl groups is 2. The fraction of sp³-hybridized carbons (Fsp3) is 0.519. The van der Waals surface area contributed by atoms with Crippen LogP contribution in [0.4, 0.5) is 4.39 Å². The average Bonchev–Trinajstić information content (AvgIpc) is 2.80. The summed E-state index contributed by atoms with van der Waals surface area (Å²) in [4.78, 5) is 14.1. The predicted molar refractivity (Wildman–Crippen MR) is 135 cm³/mol. The lowest BCUT2D eigenvalue weighted by Crippen LogP contribution is -2.53. The lowest BCUT2D eigenvalue weighted by atomic mass is 9.98. The SMILES string of the molecule is CC(C)N1CC(CNC(=O)c2cccc(F)c2)C1.CO.Cc1cccc(OCCCCO)c1C. The van der Waals surface area contributed by atoms with E-state index in [4.69, 9.17) is 14.9 Å². The summed E-state index contributed by atoms with van der Waals surface area (Å²) in [6.07, 6.45) is 1.72. The highest BCUT2D eigenvalue weighted by molar-refractivity contribution is 5.94. The molecule has 1 amide bonds. The van der Waals surface area contributed by atoms with E-state index in [1.165, 1.54) is 23.3 Å². The quantitative estimate of drug-likeness (QED) is 0.478. The van der Waals surface area contributed by atoms with Gasteiger partial charge >= 0.3 is 0 Å². The van der Waals surface area contributed by atoms with Crippen LogP contribution in [0.5, 0.6) is 5.75 Å². The second kappa shape index (κ2) is 16.2. The van der Waals surface area contributed by atoms with Gasteiger partial charge in [0.1, 0.15) is 11.6 Å². The summed E-state index contributed by atoms with van der Waals surface area (Å²) in [5.41, 5.74) is 2.84. The van der Waals surface area contributed by atoms with Crippen molar-refractivity contribution in [2.45, 2.75) is 46.6 Å². The molecular formula is C27H41FN2O4. The number of carbonyl (C=O) groups is 1. The zero-order valence-electron chi connectivity index (χ0n) is 21.2. The maximum atomic E-state index is 13.0. The van der Waals surface area contributed by atoms with Gasteiger partial charge in [0.2, 0.25) is 0 Å². The van der Waals surface area contributed by atoms with Gasteiger partial charge in [0.25, 0.3) is 5.91 Å². The smallest absolute Gasteiger partial charge is 0.251 e. The van der Waals surface area contributed by atoms with Gasteiger partial charge in [0, 0.05) is 50.9 Å². The molecule has 1 aliphatic rings. The number of halogens is 1. The Kier molecular flexibility index (Phi) is 14.1. The molecule has 0 aromatic heterocycles. The number of hydrogen-bond acceptors (Lipinski definition) is 5. The molecular weight excluding hydrogens is 435 g/mol. The maximum absolute atomic E-state index is 13.0. The van der Waals surface area contributed by atoms with Gasteiger partial charge in [-0.3, -0.25) is 4.79 Å². The zero-order chi connectivity index (χ0) is 25.5. The number of unbranched alkanes of at least 4 members (excludes halogenated alkanes) is 1. The Labute approximate surface area is 203 Å². The summed E-state index contributed by atoms with van der Waals surface area (Å²) < 4.78 is 18.6. The predicted octanol–water partition coefficient (Wildman–Crippen LogP) is 3.96. The molecule has 1 fully saturated rings. The van der Waals surface area contributed by atoms with E-state index in [9.17, 15) is 9.18 Å². The molecule has 0 spiro atoms. The fourth-order valence-corrected chi connectivity index (χ4v) is 3.41. The van der Waals surface area contributed by atoms with Crippen LogP contribution in [0.2, 0.25) is 0 Å². The third kappa shape index (κ3) is 10.2. The van der Waals surface area contributed by atoms with E-state index in [-0.39, 0.29) is 18.3 Å². The average molecular weight is 477 g/mol. The summed E-state index contributed by atoms with van der Waals surface area (Å²) >= 11 is 0. The number of nitrogens with zero attached hydrogens (tertiary/aromatic N) is 1. The maximum Gasteiger partial charge on any atom is 0.251 e. The Hall–Kier alpha value is -2.48. The van der Waals surface area contributed by atoms with E-state index in [2.05, 4.69) is 44.0 Å². The van der Waals surface area contributed by atoms with E-state index in [1.54, 1.807) is 12.1 Å². The van der Waals surface area contributed by atoms with Gasteiger partial charge in [-0.15, -0.1) is 0 Å². The normalized spacial score (nSPS) is 13.2. The zero-order valence-corrected chi connectivity index (χ0v) is 21.2. The molecule has 1 aliphatic heterocycles.